The number of fused-ring (bicyclic) bond motifs is 3. The Morgan fingerprint density at radius 3 is 1.63 bits per heavy atom. The molecule has 5 aromatic carbocycles. The fourth-order valence-corrected chi connectivity index (χ4v) is 5.74. The van der Waals surface area contributed by atoms with Gasteiger partial charge in [0.15, 0.2) is 17.5 Å². The second kappa shape index (κ2) is 9.66. The smallest absolute Gasteiger partial charge is 0.164 e. The van der Waals surface area contributed by atoms with Gasteiger partial charge in [-0.25, -0.2) is 15.0 Å². The molecule has 4 heteroatoms. The molecule has 0 atom stereocenters. The van der Waals surface area contributed by atoms with Crippen molar-refractivity contribution < 1.29 is 0 Å². The molecule has 194 valence electrons. The van der Waals surface area contributed by atoms with E-state index in [9.17, 15) is 0 Å². The van der Waals surface area contributed by atoms with E-state index < -0.39 is 0 Å². The minimum atomic E-state index is -0.110. The van der Waals surface area contributed by atoms with Crippen molar-refractivity contribution in [2.24, 2.45) is 0 Å². The average Bonchev–Trinajstić information content (AvgIpc) is 3.27. The van der Waals surface area contributed by atoms with E-state index in [0.29, 0.717) is 23.0 Å². The zero-order valence-electron chi connectivity index (χ0n) is 22.8. The highest BCUT2D eigenvalue weighted by molar-refractivity contribution is 5.83. The van der Waals surface area contributed by atoms with Gasteiger partial charge >= 0.3 is 0 Å². The molecule has 0 bridgehead atoms. The molecule has 7 rings (SSSR count). The van der Waals surface area contributed by atoms with Crippen molar-refractivity contribution in [2.75, 3.05) is 0 Å². The van der Waals surface area contributed by atoms with Crippen LogP contribution in [0.2, 0.25) is 0 Å². The number of nitriles is 1. The molecule has 0 fully saturated rings. The van der Waals surface area contributed by atoms with Gasteiger partial charge in [-0.05, 0) is 51.6 Å². The van der Waals surface area contributed by atoms with Gasteiger partial charge in [0.1, 0.15) is 0 Å². The van der Waals surface area contributed by atoms with Crippen LogP contribution in [0.5, 0.6) is 0 Å². The van der Waals surface area contributed by atoms with Crippen LogP contribution in [0.25, 0.3) is 56.4 Å². The molecule has 1 aliphatic rings. The number of nitrogens with zero attached hydrogens (tertiary/aromatic N) is 4. The Morgan fingerprint density at radius 1 is 0.488 bits per heavy atom. The molecule has 4 nitrogen and oxygen atoms in total. The Bertz CT molecular complexity index is 1950. The predicted molar refractivity (Wildman–Crippen MR) is 164 cm³/mol. The summed E-state index contributed by atoms with van der Waals surface area (Å²) in [5.74, 6) is 1.92. The Hall–Kier alpha value is -5.40. The summed E-state index contributed by atoms with van der Waals surface area (Å²) in [6.07, 6.45) is 0. The van der Waals surface area contributed by atoms with Crippen LogP contribution in [0.15, 0.2) is 121 Å². The molecule has 0 unspecified atom stereocenters. The van der Waals surface area contributed by atoms with Crippen LogP contribution in [0.4, 0.5) is 0 Å². The van der Waals surface area contributed by atoms with Crippen molar-refractivity contribution in [3.8, 4) is 62.5 Å². The summed E-state index contributed by atoms with van der Waals surface area (Å²) in [6, 6.07) is 43.3. The number of benzene rings is 5. The molecular weight excluding hydrogens is 500 g/mol. The quantitative estimate of drug-likeness (QED) is 0.230. The van der Waals surface area contributed by atoms with Crippen LogP contribution in [0, 0.1) is 11.3 Å². The van der Waals surface area contributed by atoms with E-state index in [4.69, 9.17) is 20.2 Å². The Kier molecular flexibility index (Phi) is 5.80. The maximum Gasteiger partial charge on any atom is 0.164 e. The van der Waals surface area contributed by atoms with E-state index in [0.717, 1.165) is 27.8 Å². The summed E-state index contributed by atoms with van der Waals surface area (Å²) < 4.78 is 0. The van der Waals surface area contributed by atoms with Crippen molar-refractivity contribution in [2.45, 2.75) is 19.3 Å². The second-order valence-electron chi connectivity index (χ2n) is 10.9. The molecule has 0 saturated carbocycles. The minimum absolute atomic E-state index is 0.110. The highest BCUT2D eigenvalue weighted by Gasteiger charge is 2.35. The van der Waals surface area contributed by atoms with Gasteiger partial charge in [-0.15, -0.1) is 0 Å². The van der Waals surface area contributed by atoms with Gasteiger partial charge < -0.3 is 0 Å². The molecular formula is C37H26N4. The summed E-state index contributed by atoms with van der Waals surface area (Å²) in [5, 5.41) is 9.11. The van der Waals surface area contributed by atoms with Crippen molar-refractivity contribution in [1.82, 2.24) is 15.0 Å². The van der Waals surface area contributed by atoms with Crippen LogP contribution < -0.4 is 0 Å². The molecule has 1 heterocycles. The molecule has 1 aromatic heterocycles. The third-order valence-electron chi connectivity index (χ3n) is 8.00. The van der Waals surface area contributed by atoms with E-state index in [1.807, 2.05) is 66.7 Å². The van der Waals surface area contributed by atoms with Gasteiger partial charge in [0.25, 0.3) is 0 Å². The highest BCUT2D eigenvalue weighted by Crippen LogP contribution is 2.49. The Morgan fingerprint density at radius 2 is 0.976 bits per heavy atom. The summed E-state index contributed by atoms with van der Waals surface area (Å²) in [7, 11) is 0. The molecule has 6 aromatic rings. The zero-order chi connectivity index (χ0) is 28.0. The summed E-state index contributed by atoms with van der Waals surface area (Å²) in [4.78, 5) is 14.8. The van der Waals surface area contributed by atoms with Crippen molar-refractivity contribution in [1.29, 1.82) is 5.26 Å². The lowest BCUT2D eigenvalue weighted by Gasteiger charge is -2.21. The van der Waals surface area contributed by atoms with Gasteiger partial charge in [-0.1, -0.05) is 117 Å². The summed E-state index contributed by atoms with van der Waals surface area (Å²) in [5.41, 5.74) is 10.7. The standard InChI is InChI=1S/C37H26N4/c1-37(2)32-11-7-6-10-30(32)31-21-20-29(22-33(31)37)36-40-34(27-8-4-3-5-9-27)39-35(41-36)28-18-16-26(17-19-28)25-14-12-24(23-38)13-15-25/h3-22H,1-2H3. The van der Waals surface area contributed by atoms with E-state index in [1.54, 1.807) is 0 Å². The molecule has 0 spiro atoms. The third-order valence-corrected chi connectivity index (χ3v) is 8.00. The largest absolute Gasteiger partial charge is 0.208 e. The van der Waals surface area contributed by atoms with Crippen LogP contribution in [-0.2, 0) is 5.41 Å². The van der Waals surface area contributed by atoms with Gasteiger partial charge in [0, 0.05) is 22.1 Å². The van der Waals surface area contributed by atoms with Crippen LogP contribution in [-0.4, -0.2) is 15.0 Å². The molecule has 0 aliphatic heterocycles. The molecule has 0 N–H and O–H groups in total. The second-order valence-corrected chi connectivity index (χ2v) is 10.9. The SMILES string of the molecule is CC1(C)c2ccccc2-c2ccc(-c3nc(-c4ccccc4)nc(-c4ccc(-c5ccc(C#N)cc5)cc4)n3)cc21. The molecule has 0 saturated heterocycles. The van der Waals surface area contributed by atoms with Crippen molar-refractivity contribution >= 4 is 0 Å². The maximum atomic E-state index is 9.11. The van der Waals surface area contributed by atoms with Crippen LogP contribution in [0.1, 0.15) is 30.5 Å². The topological polar surface area (TPSA) is 62.5 Å². The predicted octanol–water partition coefficient (Wildman–Crippen LogP) is 8.72. The highest BCUT2D eigenvalue weighted by atomic mass is 15.0. The minimum Gasteiger partial charge on any atom is -0.208 e. The number of aromatic nitrogens is 3. The van der Waals surface area contributed by atoms with Crippen molar-refractivity contribution in [3.63, 3.8) is 0 Å². The third kappa shape index (κ3) is 4.29. The molecule has 0 amide bonds. The maximum absolute atomic E-state index is 9.11. The lowest BCUT2D eigenvalue weighted by molar-refractivity contribution is 0.660. The fraction of sp³-hybridized carbons (Fsp3) is 0.0811. The average molecular weight is 527 g/mol. The van der Waals surface area contributed by atoms with Crippen LogP contribution in [0.3, 0.4) is 0 Å². The molecule has 1 aliphatic carbocycles. The molecule has 41 heavy (non-hydrogen) atoms. The van der Waals surface area contributed by atoms with E-state index in [2.05, 4.69) is 74.5 Å². The first-order valence-electron chi connectivity index (χ1n) is 13.7. The Labute approximate surface area is 239 Å². The Balaban J connectivity index is 1.33. The van der Waals surface area contributed by atoms with Gasteiger partial charge in [-0.3, -0.25) is 0 Å². The monoisotopic (exact) mass is 526 g/mol. The fourth-order valence-electron chi connectivity index (χ4n) is 5.74. The van der Waals surface area contributed by atoms with Gasteiger partial charge in [-0.2, -0.15) is 5.26 Å². The number of rotatable bonds is 4. The van der Waals surface area contributed by atoms with Gasteiger partial charge in [0.05, 0.1) is 11.6 Å². The lowest BCUT2D eigenvalue weighted by Crippen LogP contribution is -2.15. The number of hydrogen-bond donors (Lipinski definition) is 0. The molecule has 0 radical (unpaired) electrons. The number of hydrogen-bond acceptors (Lipinski definition) is 4. The van der Waals surface area contributed by atoms with E-state index in [-0.39, 0.29) is 5.41 Å². The summed E-state index contributed by atoms with van der Waals surface area (Å²) in [6.45, 7) is 4.57. The van der Waals surface area contributed by atoms with E-state index in [1.165, 1.54) is 22.3 Å². The van der Waals surface area contributed by atoms with Crippen molar-refractivity contribution in [3.05, 3.63) is 138 Å². The first-order chi connectivity index (χ1) is 20.0. The van der Waals surface area contributed by atoms with Crippen LogP contribution >= 0.6 is 0 Å². The first kappa shape index (κ1) is 24.6. The lowest BCUT2D eigenvalue weighted by atomic mass is 9.82. The van der Waals surface area contributed by atoms with Gasteiger partial charge in [0.2, 0.25) is 0 Å². The zero-order valence-corrected chi connectivity index (χ0v) is 22.8. The normalized spacial score (nSPS) is 12.8. The first-order valence-corrected chi connectivity index (χ1v) is 13.7. The van der Waals surface area contributed by atoms with E-state index >= 15 is 0 Å². The summed E-state index contributed by atoms with van der Waals surface area (Å²) >= 11 is 0.